The van der Waals surface area contributed by atoms with Gasteiger partial charge in [0.25, 0.3) is 5.91 Å². The molecule has 0 saturated carbocycles. The van der Waals surface area contributed by atoms with Crippen LogP contribution in [0.1, 0.15) is 48.8 Å². The number of hydrogen-bond donors (Lipinski definition) is 1. The van der Waals surface area contributed by atoms with Crippen LogP contribution in [0.25, 0.3) is 10.9 Å². The molecule has 0 aliphatic carbocycles. The van der Waals surface area contributed by atoms with Gasteiger partial charge < -0.3 is 24.4 Å². The Kier molecular flexibility index (Phi) is 8.38. The number of piperidine rings is 1. The molecule has 1 saturated heterocycles. The number of methoxy groups -OCH3 is 1. The first kappa shape index (κ1) is 27.9. The summed E-state index contributed by atoms with van der Waals surface area (Å²) in [5.41, 5.74) is 2.66. The molecule has 1 fully saturated rings. The normalized spacial score (nSPS) is 17.4. The number of nitrogens with zero attached hydrogens (tertiary/aromatic N) is 2. The van der Waals surface area contributed by atoms with Crippen LogP contribution in [-0.2, 0) is 20.9 Å². The molecule has 2 aromatic carbocycles. The molecule has 1 aliphatic rings. The molecule has 1 N–H and O–H groups in total. The molecule has 2 heterocycles. The predicted octanol–water partition coefficient (Wildman–Crippen LogP) is 4.65. The quantitative estimate of drug-likeness (QED) is 0.460. The Morgan fingerprint density at radius 1 is 1.08 bits per heavy atom. The summed E-state index contributed by atoms with van der Waals surface area (Å²) >= 11 is 0. The second-order valence-corrected chi connectivity index (χ2v) is 10.7. The van der Waals surface area contributed by atoms with Gasteiger partial charge >= 0.3 is 12.1 Å². The van der Waals surface area contributed by atoms with Gasteiger partial charge in [0.1, 0.15) is 18.0 Å². The van der Waals surface area contributed by atoms with Crippen LogP contribution in [0.2, 0.25) is 0 Å². The molecule has 0 spiro atoms. The Balaban J connectivity index is 1.38. The Morgan fingerprint density at radius 3 is 2.49 bits per heavy atom. The van der Waals surface area contributed by atoms with Crippen LogP contribution in [0.3, 0.4) is 0 Å². The van der Waals surface area contributed by atoms with E-state index in [0.717, 1.165) is 22.2 Å². The van der Waals surface area contributed by atoms with Gasteiger partial charge in [0.15, 0.2) is 0 Å². The highest BCUT2D eigenvalue weighted by Gasteiger charge is 2.39. The number of carbonyl (C=O) groups excluding carboxylic acids is 3. The minimum Gasteiger partial charge on any atom is -0.489 e. The number of rotatable bonds is 6. The van der Waals surface area contributed by atoms with Gasteiger partial charge in [0, 0.05) is 41.3 Å². The first-order valence-electron chi connectivity index (χ1n) is 13.0. The molecular formula is C30H35N3O6. The average molecular weight is 534 g/mol. The lowest BCUT2D eigenvalue weighted by molar-refractivity contribution is -0.148. The summed E-state index contributed by atoms with van der Waals surface area (Å²) in [5, 5.41) is 3.98. The standard InChI is InChI=1S/C30H35N3O6/c1-19-16-21(23-8-6-7-9-25(23)31-19)18-38-22-12-10-20(11-13-22)27(34)32-26-14-15-33(17-24(26)28(35)37-5)29(36)39-30(2,3)4/h6-13,16,24,26H,14-15,17-18H2,1-5H3,(H,32,34). The van der Waals surface area contributed by atoms with Crippen LogP contribution < -0.4 is 10.1 Å². The molecule has 0 bridgehead atoms. The SMILES string of the molecule is COC(=O)C1CN(C(=O)OC(C)(C)C)CCC1NC(=O)c1ccc(OCc2cc(C)nc3ccccc23)cc1. The molecule has 1 aromatic heterocycles. The van der Waals surface area contributed by atoms with Gasteiger partial charge in [-0.2, -0.15) is 0 Å². The van der Waals surface area contributed by atoms with Crippen LogP contribution in [-0.4, -0.2) is 59.7 Å². The molecule has 3 aromatic rings. The van der Waals surface area contributed by atoms with E-state index < -0.39 is 29.6 Å². The number of benzene rings is 2. The zero-order valence-corrected chi connectivity index (χ0v) is 23.0. The van der Waals surface area contributed by atoms with E-state index in [9.17, 15) is 14.4 Å². The molecule has 9 nitrogen and oxygen atoms in total. The highest BCUT2D eigenvalue weighted by atomic mass is 16.6. The van der Waals surface area contributed by atoms with Gasteiger partial charge in [0.05, 0.1) is 18.5 Å². The predicted molar refractivity (Wildman–Crippen MR) is 146 cm³/mol. The van der Waals surface area contributed by atoms with Crippen molar-refractivity contribution in [3.8, 4) is 5.75 Å². The summed E-state index contributed by atoms with van der Waals surface area (Å²) in [7, 11) is 1.29. The van der Waals surface area contributed by atoms with Crippen molar-refractivity contribution in [3.05, 3.63) is 71.4 Å². The van der Waals surface area contributed by atoms with E-state index in [1.807, 2.05) is 37.3 Å². The summed E-state index contributed by atoms with van der Waals surface area (Å²) in [5.74, 6) is -0.886. The van der Waals surface area contributed by atoms with Crippen LogP contribution in [0, 0.1) is 12.8 Å². The van der Waals surface area contributed by atoms with E-state index in [2.05, 4.69) is 10.3 Å². The average Bonchev–Trinajstić information content (AvgIpc) is 2.90. The van der Waals surface area contributed by atoms with Crippen LogP contribution >= 0.6 is 0 Å². The second kappa shape index (κ2) is 11.7. The maximum atomic E-state index is 13.0. The van der Waals surface area contributed by atoms with Crippen molar-refractivity contribution < 1.29 is 28.6 Å². The number of nitrogens with one attached hydrogen (secondary N) is 1. The Labute approximate surface area is 228 Å². The summed E-state index contributed by atoms with van der Waals surface area (Å²) in [6.07, 6.45) is -0.0997. The number of para-hydroxylation sites is 1. The largest absolute Gasteiger partial charge is 0.489 e. The summed E-state index contributed by atoms with van der Waals surface area (Å²) in [4.78, 5) is 44.1. The van der Waals surface area contributed by atoms with Gasteiger partial charge in [-0.15, -0.1) is 0 Å². The number of fused-ring (bicyclic) bond motifs is 1. The van der Waals surface area contributed by atoms with Gasteiger partial charge in [0.2, 0.25) is 0 Å². The van der Waals surface area contributed by atoms with Crippen molar-refractivity contribution in [3.63, 3.8) is 0 Å². The minimum atomic E-state index is -0.707. The third kappa shape index (κ3) is 7.04. The fourth-order valence-corrected chi connectivity index (χ4v) is 4.64. The minimum absolute atomic E-state index is 0.0997. The number of aromatic nitrogens is 1. The topological polar surface area (TPSA) is 107 Å². The zero-order valence-electron chi connectivity index (χ0n) is 23.0. The number of likely N-dealkylation sites (tertiary alicyclic amines) is 1. The van der Waals surface area contributed by atoms with Crippen molar-refractivity contribution in [2.45, 2.75) is 52.4 Å². The fourth-order valence-electron chi connectivity index (χ4n) is 4.64. The van der Waals surface area contributed by atoms with Crippen molar-refractivity contribution in [2.24, 2.45) is 5.92 Å². The molecule has 0 radical (unpaired) electrons. The summed E-state index contributed by atoms with van der Waals surface area (Å²) < 4.78 is 16.4. The first-order chi connectivity index (χ1) is 18.5. The third-order valence-electron chi connectivity index (χ3n) is 6.53. The molecule has 2 unspecified atom stereocenters. The highest BCUT2D eigenvalue weighted by molar-refractivity contribution is 5.95. The Bertz CT molecular complexity index is 1350. The van der Waals surface area contributed by atoms with E-state index in [1.165, 1.54) is 12.0 Å². The molecule has 39 heavy (non-hydrogen) atoms. The first-order valence-corrected chi connectivity index (χ1v) is 13.0. The Morgan fingerprint density at radius 2 is 1.79 bits per heavy atom. The number of pyridine rings is 1. The zero-order chi connectivity index (χ0) is 28.2. The van der Waals surface area contributed by atoms with Gasteiger partial charge in [-0.25, -0.2) is 4.79 Å². The van der Waals surface area contributed by atoms with E-state index in [-0.39, 0.29) is 12.5 Å². The lowest BCUT2D eigenvalue weighted by Crippen LogP contribution is -2.55. The second-order valence-electron chi connectivity index (χ2n) is 10.7. The molecular weight excluding hydrogens is 498 g/mol. The van der Waals surface area contributed by atoms with Gasteiger partial charge in [-0.1, -0.05) is 18.2 Å². The molecule has 4 rings (SSSR count). The van der Waals surface area contributed by atoms with Crippen molar-refractivity contribution in [2.75, 3.05) is 20.2 Å². The smallest absolute Gasteiger partial charge is 0.410 e. The van der Waals surface area contributed by atoms with Crippen molar-refractivity contribution >= 4 is 28.9 Å². The lowest BCUT2D eigenvalue weighted by atomic mass is 9.92. The number of aryl methyl sites for hydroxylation is 1. The molecule has 2 amide bonds. The lowest BCUT2D eigenvalue weighted by Gasteiger charge is -2.37. The maximum Gasteiger partial charge on any atom is 0.410 e. The maximum absolute atomic E-state index is 13.0. The number of esters is 1. The van der Waals surface area contributed by atoms with Crippen molar-refractivity contribution in [1.82, 2.24) is 15.2 Å². The summed E-state index contributed by atoms with van der Waals surface area (Å²) in [6.45, 7) is 8.13. The number of hydrogen-bond acceptors (Lipinski definition) is 7. The van der Waals surface area contributed by atoms with E-state index >= 15 is 0 Å². The van der Waals surface area contributed by atoms with Crippen LogP contribution in [0.4, 0.5) is 4.79 Å². The molecule has 206 valence electrons. The molecule has 1 aliphatic heterocycles. The number of carbonyl (C=O) groups is 3. The number of ether oxygens (including phenoxy) is 3. The third-order valence-corrected chi connectivity index (χ3v) is 6.53. The monoisotopic (exact) mass is 533 g/mol. The number of amides is 2. The highest BCUT2D eigenvalue weighted by Crippen LogP contribution is 2.23. The molecule has 9 heteroatoms. The van der Waals surface area contributed by atoms with Crippen molar-refractivity contribution in [1.29, 1.82) is 0 Å². The molecule has 2 atom stereocenters. The van der Waals surface area contributed by atoms with E-state index in [4.69, 9.17) is 14.2 Å². The Hall–Kier alpha value is -4.14. The fraction of sp³-hybridized carbons (Fsp3) is 0.400. The van der Waals surface area contributed by atoms with Gasteiger partial charge in [-0.3, -0.25) is 14.6 Å². The summed E-state index contributed by atoms with van der Waals surface area (Å²) in [6, 6.07) is 16.3. The van der Waals surface area contributed by atoms with E-state index in [0.29, 0.717) is 30.9 Å². The van der Waals surface area contributed by atoms with Crippen LogP contribution in [0.15, 0.2) is 54.6 Å². The van der Waals surface area contributed by atoms with Crippen LogP contribution in [0.5, 0.6) is 5.75 Å². The van der Waals surface area contributed by atoms with E-state index in [1.54, 1.807) is 45.0 Å². The van der Waals surface area contributed by atoms with Gasteiger partial charge in [-0.05, 0) is 70.5 Å².